The highest BCUT2D eigenvalue weighted by atomic mass is 32.2. The summed E-state index contributed by atoms with van der Waals surface area (Å²) in [7, 11) is 0. The third kappa shape index (κ3) is 5.86. The van der Waals surface area contributed by atoms with Crippen LogP contribution in [0, 0.1) is 0 Å². The topological polar surface area (TPSA) is 191 Å². The number of hydrogen-bond acceptors (Lipinski definition) is 12. The van der Waals surface area contributed by atoms with Crippen molar-refractivity contribution < 1.29 is 38.7 Å². The molecule has 4 N–H and O–H groups in total. The zero-order chi connectivity index (χ0) is 25.7. The minimum atomic E-state index is -1.39. The molecule has 15 heteroatoms. The first-order chi connectivity index (χ1) is 16.6. The average Bonchev–Trinajstić information content (AvgIpc) is 3.23. The summed E-state index contributed by atoms with van der Waals surface area (Å²) in [5, 5.41) is 17.0. The number of anilines is 1. The highest BCUT2D eigenvalue weighted by molar-refractivity contribution is 8.00. The highest BCUT2D eigenvalue weighted by Crippen LogP contribution is 2.40. The van der Waals surface area contributed by atoms with E-state index in [1.54, 1.807) is 0 Å². The van der Waals surface area contributed by atoms with E-state index in [1.807, 2.05) is 0 Å². The maximum Gasteiger partial charge on any atom is 0.352 e. The SMILES string of the molecule is C=CCO/N=C(\C(=O)N[C@@H]1C(=O)N2C(C(=O)O)=C(COC(=O)CC(C)=O)CS[C@H]12)c1csc(N)n1. The van der Waals surface area contributed by atoms with Crippen LogP contribution >= 0.6 is 23.1 Å². The quantitative estimate of drug-likeness (QED) is 0.0667. The van der Waals surface area contributed by atoms with Crippen LogP contribution < -0.4 is 11.1 Å². The standard InChI is InChI=1S/C20H21N5O8S2/c1-3-4-33-24-13(11-8-35-20(21)22-11)16(28)23-14-17(29)25-15(19(30)31)10(7-34-18(14)25)6-32-12(27)5-9(2)26/h3,8,14,18H,1,4-7H2,2H3,(H2,21,22)(H,23,28)(H,30,31)/b24-13-/t14-,18-/m1/s1. The van der Waals surface area contributed by atoms with Gasteiger partial charge in [0.1, 0.15) is 48.2 Å². The fraction of sp³-hybridized carbons (Fsp3) is 0.350. The number of Topliss-reactive ketones (excluding diaryl/α,β-unsaturated/α-hetero) is 1. The second-order valence-electron chi connectivity index (χ2n) is 7.25. The Kier molecular flexibility index (Phi) is 8.24. The molecule has 0 bridgehead atoms. The number of nitrogen functional groups attached to an aromatic ring is 1. The molecule has 0 radical (unpaired) electrons. The Morgan fingerprint density at radius 1 is 1.43 bits per heavy atom. The van der Waals surface area contributed by atoms with Crippen LogP contribution in [0.15, 0.2) is 34.5 Å². The van der Waals surface area contributed by atoms with Gasteiger partial charge in [0.15, 0.2) is 10.8 Å². The van der Waals surface area contributed by atoms with Crippen molar-refractivity contribution in [3.05, 3.63) is 35.0 Å². The summed E-state index contributed by atoms with van der Waals surface area (Å²) >= 11 is 2.27. The number of aromatic nitrogens is 1. The van der Waals surface area contributed by atoms with Crippen molar-refractivity contribution in [3.8, 4) is 0 Å². The van der Waals surface area contributed by atoms with E-state index in [4.69, 9.17) is 15.3 Å². The Balaban J connectivity index is 1.74. The number of nitrogens with two attached hydrogens (primary N) is 1. The minimum Gasteiger partial charge on any atom is -0.477 e. The van der Waals surface area contributed by atoms with Crippen molar-refractivity contribution in [1.82, 2.24) is 15.2 Å². The van der Waals surface area contributed by atoms with E-state index in [1.165, 1.54) is 30.1 Å². The summed E-state index contributed by atoms with van der Waals surface area (Å²) in [6.45, 7) is 4.36. The van der Waals surface area contributed by atoms with Crippen LogP contribution in [-0.4, -0.2) is 80.6 Å². The molecule has 0 unspecified atom stereocenters. The summed E-state index contributed by atoms with van der Waals surface area (Å²) in [5.74, 6) is -3.87. The third-order valence-corrected chi connectivity index (χ3v) is 6.68. The monoisotopic (exact) mass is 523 g/mol. The summed E-state index contributed by atoms with van der Waals surface area (Å²) in [4.78, 5) is 70.4. The van der Waals surface area contributed by atoms with Gasteiger partial charge in [-0.05, 0) is 6.92 Å². The van der Waals surface area contributed by atoms with Crippen molar-refractivity contribution in [2.24, 2.45) is 5.16 Å². The van der Waals surface area contributed by atoms with Gasteiger partial charge in [-0.25, -0.2) is 9.78 Å². The lowest BCUT2D eigenvalue weighted by atomic mass is 10.0. The molecule has 0 aliphatic carbocycles. The number of nitrogens with one attached hydrogen (secondary N) is 1. The predicted molar refractivity (Wildman–Crippen MR) is 125 cm³/mol. The number of hydrogen-bond donors (Lipinski definition) is 3. The van der Waals surface area contributed by atoms with E-state index in [0.717, 1.165) is 16.2 Å². The van der Waals surface area contributed by atoms with Crippen molar-refractivity contribution in [1.29, 1.82) is 0 Å². The van der Waals surface area contributed by atoms with Crippen LogP contribution in [0.5, 0.6) is 0 Å². The number of amides is 2. The van der Waals surface area contributed by atoms with Crippen molar-refractivity contribution >= 4 is 63.5 Å². The van der Waals surface area contributed by atoms with Gasteiger partial charge >= 0.3 is 11.9 Å². The number of ether oxygens (including phenoxy) is 1. The minimum absolute atomic E-state index is 0.0253. The molecular formula is C20H21N5O8S2. The normalized spacial score (nSPS) is 19.4. The van der Waals surface area contributed by atoms with Crippen molar-refractivity contribution in [2.45, 2.75) is 24.8 Å². The first-order valence-corrected chi connectivity index (χ1v) is 11.9. The molecule has 1 aromatic rings. The van der Waals surface area contributed by atoms with Crippen LogP contribution in [0.2, 0.25) is 0 Å². The number of carboxylic acid groups (broad SMARTS) is 1. The molecule has 35 heavy (non-hydrogen) atoms. The molecule has 0 saturated carbocycles. The second-order valence-corrected chi connectivity index (χ2v) is 9.25. The lowest BCUT2D eigenvalue weighted by molar-refractivity contribution is -0.150. The van der Waals surface area contributed by atoms with Gasteiger partial charge in [-0.3, -0.25) is 24.1 Å². The number of esters is 1. The number of carbonyl (C=O) groups excluding carboxylic acids is 4. The van der Waals surface area contributed by atoms with Gasteiger partial charge < -0.3 is 25.7 Å². The number of carbonyl (C=O) groups is 5. The summed E-state index contributed by atoms with van der Waals surface area (Å²) < 4.78 is 4.98. The summed E-state index contributed by atoms with van der Waals surface area (Å²) in [6.07, 6.45) is 0.989. The lowest BCUT2D eigenvalue weighted by Gasteiger charge is -2.49. The predicted octanol–water partition coefficient (Wildman–Crippen LogP) is -0.107. The second kappa shape index (κ2) is 11.1. The Hall–Kier alpha value is -3.72. The van der Waals surface area contributed by atoms with E-state index in [-0.39, 0.29) is 46.8 Å². The van der Waals surface area contributed by atoms with E-state index in [9.17, 15) is 29.1 Å². The van der Waals surface area contributed by atoms with Crippen LogP contribution in [0.4, 0.5) is 5.13 Å². The van der Waals surface area contributed by atoms with Gasteiger partial charge in [0, 0.05) is 16.7 Å². The summed E-state index contributed by atoms with van der Waals surface area (Å²) in [6, 6.07) is -1.04. The average molecular weight is 524 g/mol. The largest absolute Gasteiger partial charge is 0.477 e. The zero-order valence-electron chi connectivity index (χ0n) is 18.4. The van der Waals surface area contributed by atoms with E-state index in [2.05, 4.69) is 22.0 Å². The van der Waals surface area contributed by atoms with Crippen LogP contribution in [0.3, 0.4) is 0 Å². The smallest absolute Gasteiger partial charge is 0.352 e. The molecule has 0 spiro atoms. The molecule has 1 fully saturated rings. The molecule has 3 heterocycles. The number of thiazole rings is 1. The Labute approximate surface area is 207 Å². The summed E-state index contributed by atoms with van der Waals surface area (Å²) in [5.41, 5.74) is 5.45. The first-order valence-electron chi connectivity index (χ1n) is 10.0. The van der Waals surface area contributed by atoms with Gasteiger partial charge in [0.05, 0.1) is 0 Å². The van der Waals surface area contributed by atoms with Gasteiger partial charge in [-0.1, -0.05) is 17.8 Å². The van der Waals surface area contributed by atoms with Gasteiger partial charge in [-0.15, -0.1) is 23.1 Å². The molecule has 2 aliphatic heterocycles. The number of carboxylic acids is 1. The van der Waals surface area contributed by atoms with Crippen LogP contribution in [0.1, 0.15) is 19.0 Å². The first kappa shape index (κ1) is 25.9. The van der Waals surface area contributed by atoms with Crippen LogP contribution in [-0.2, 0) is 33.5 Å². The number of rotatable bonds is 11. The maximum atomic E-state index is 12.9. The number of aliphatic carboxylic acids is 1. The zero-order valence-corrected chi connectivity index (χ0v) is 20.0. The molecule has 2 atom stereocenters. The molecule has 13 nitrogen and oxygen atoms in total. The van der Waals surface area contributed by atoms with Gasteiger partial charge in [-0.2, -0.15) is 0 Å². The third-order valence-electron chi connectivity index (χ3n) is 4.66. The molecule has 2 aliphatic rings. The number of oxime groups is 1. The van der Waals surface area contributed by atoms with Crippen molar-refractivity contribution in [3.63, 3.8) is 0 Å². The number of ketones is 1. The van der Waals surface area contributed by atoms with Crippen molar-refractivity contribution in [2.75, 3.05) is 24.7 Å². The van der Waals surface area contributed by atoms with E-state index < -0.39 is 47.4 Å². The molecule has 1 aromatic heterocycles. The number of fused-ring (bicyclic) bond motifs is 1. The van der Waals surface area contributed by atoms with Gasteiger partial charge in [0.25, 0.3) is 11.8 Å². The molecule has 3 rings (SSSR count). The fourth-order valence-corrected chi connectivity index (χ4v) is 5.06. The highest BCUT2D eigenvalue weighted by Gasteiger charge is 2.54. The molecule has 186 valence electrons. The Bertz CT molecular complexity index is 1140. The Morgan fingerprint density at radius 3 is 2.77 bits per heavy atom. The van der Waals surface area contributed by atoms with Crippen LogP contribution in [0.25, 0.3) is 0 Å². The van der Waals surface area contributed by atoms with E-state index >= 15 is 0 Å². The fourth-order valence-electron chi connectivity index (χ4n) is 3.18. The van der Waals surface area contributed by atoms with Gasteiger partial charge in [0.2, 0.25) is 0 Å². The maximum absolute atomic E-state index is 12.9. The Morgan fingerprint density at radius 2 is 2.17 bits per heavy atom. The number of β-lactam (4-membered cyclic amide) rings is 1. The molecule has 2 amide bonds. The molecular weight excluding hydrogens is 502 g/mol. The molecule has 0 aromatic carbocycles. The number of thioether (sulfide) groups is 1. The number of nitrogens with zero attached hydrogens (tertiary/aromatic N) is 3. The lowest BCUT2D eigenvalue weighted by Crippen LogP contribution is -2.71. The molecule has 1 saturated heterocycles. The van der Waals surface area contributed by atoms with E-state index in [0.29, 0.717) is 0 Å².